The van der Waals surface area contributed by atoms with Crippen LogP contribution in [0.3, 0.4) is 0 Å². The Balaban J connectivity index is 1.71. The summed E-state index contributed by atoms with van der Waals surface area (Å²) in [6.07, 6.45) is 1.59. The summed E-state index contributed by atoms with van der Waals surface area (Å²) < 4.78 is 16.2. The average molecular weight is 384 g/mol. The number of benzene rings is 1. The van der Waals surface area contributed by atoms with Gasteiger partial charge in [0.25, 0.3) is 0 Å². The molecule has 28 heavy (non-hydrogen) atoms. The van der Waals surface area contributed by atoms with E-state index in [4.69, 9.17) is 13.9 Å². The highest BCUT2D eigenvalue weighted by atomic mass is 16.5. The number of aliphatic imine (C=N–C) groups is 1. The van der Waals surface area contributed by atoms with Crippen molar-refractivity contribution in [3.05, 3.63) is 42.4 Å². The number of hydrogen-bond donors (Lipinski definition) is 3. The molecular formula is C19H24N6O3. The molecule has 0 amide bonds. The molecule has 1 aromatic carbocycles. The molecule has 0 bridgehead atoms. The Bertz CT molecular complexity index is 904. The SMILES string of the molecule is CCNC(=NCc1nc(-c2ccco2)n[nH]1)Nc1ccc(OCC)c(OC)c1. The van der Waals surface area contributed by atoms with E-state index in [-0.39, 0.29) is 0 Å². The maximum atomic E-state index is 5.55. The molecule has 2 aromatic heterocycles. The first-order valence-corrected chi connectivity index (χ1v) is 9.04. The van der Waals surface area contributed by atoms with Crippen LogP contribution in [0.4, 0.5) is 5.69 Å². The molecule has 0 saturated carbocycles. The number of ether oxygens (including phenoxy) is 2. The Labute approximate surface area is 163 Å². The van der Waals surface area contributed by atoms with Gasteiger partial charge in [-0.05, 0) is 38.1 Å². The summed E-state index contributed by atoms with van der Waals surface area (Å²) in [7, 11) is 1.61. The Morgan fingerprint density at radius 2 is 2.14 bits per heavy atom. The van der Waals surface area contributed by atoms with Crippen LogP contribution in [0.15, 0.2) is 46.0 Å². The van der Waals surface area contributed by atoms with Crippen molar-refractivity contribution in [1.82, 2.24) is 20.5 Å². The minimum absolute atomic E-state index is 0.331. The predicted molar refractivity (Wildman–Crippen MR) is 107 cm³/mol. The third-order valence-corrected chi connectivity index (χ3v) is 3.73. The van der Waals surface area contributed by atoms with Crippen molar-refractivity contribution in [2.45, 2.75) is 20.4 Å². The Morgan fingerprint density at radius 3 is 2.86 bits per heavy atom. The molecule has 0 saturated heterocycles. The number of furan rings is 1. The summed E-state index contributed by atoms with van der Waals surface area (Å²) in [5.74, 6) is 3.71. The number of methoxy groups -OCH3 is 1. The van der Waals surface area contributed by atoms with Gasteiger partial charge in [0.2, 0.25) is 5.82 Å². The number of aromatic amines is 1. The fourth-order valence-electron chi connectivity index (χ4n) is 2.50. The second kappa shape index (κ2) is 9.45. The van der Waals surface area contributed by atoms with Gasteiger partial charge < -0.3 is 24.5 Å². The maximum Gasteiger partial charge on any atom is 0.216 e. The molecular weight excluding hydrogens is 360 g/mol. The first-order valence-electron chi connectivity index (χ1n) is 9.04. The van der Waals surface area contributed by atoms with Crippen LogP contribution in [0, 0.1) is 0 Å². The van der Waals surface area contributed by atoms with Gasteiger partial charge in [-0.15, -0.1) is 5.10 Å². The zero-order valence-electron chi connectivity index (χ0n) is 16.2. The quantitative estimate of drug-likeness (QED) is 0.404. The van der Waals surface area contributed by atoms with Gasteiger partial charge >= 0.3 is 0 Å². The van der Waals surface area contributed by atoms with E-state index in [9.17, 15) is 0 Å². The molecule has 9 heteroatoms. The van der Waals surface area contributed by atoms with Crippen LogP contribution < -0.4 is 20.1 Å². The minimum atomic E-state index is 0.331. The maximum absolute atomic E-state index is 5.55. The fourth-order valence-corrected chi connectivity index (χ4v) is 2.50. The zero-order valence-corrected chi connectivity index (χ0v) is 16.2. The molecule has 0 radical (unpaired) electrons. The first kappa shape index (κ1) is 19.3. The molecule has 148 valence electrons. The fraction of sp³-hybridized carbons (Fsp3) is 0.316. The average Bonchev–Trinajstić information content (AvgIpc) is 3.39. The molecule has 3 rings (SSSR count). The molecule has 0 aliphatic heterocycles. The number of H-pyrrole nitrogens is 1. The molecule has 3 N–H and O–H groups in total. The van der Waals surface area contributed by atoms with Gasteiger partial charge in [-0.25, -0.2) is 9.98 Å². The van der Waals surface area contributed by atoms with E-state index in [1.54, 1.807) is 25.5 Å². The predicted octanol–water partition coefficient (Wildman–Crippen LogP) is 3.05. The van der Waals surface area contributed by atoms with E-state index in [1.165, 1.54) is 0 Å². The van der Waals surface area contributed by atoms with E-state index in [0.717, 1.165) is 5.69 Å². The number of nitrogens with zero attached hydrogens (tertiary/aromatic N) is 3. The molecule has 0 fully saturated rings. The summed E-state index contributed by atoms with van der Waals surface area (Å²) in [4.78, 5) is 8.94. The van der Waals surface area contributed by atoms with Gasteiger partial charge in [0.1, 0.15) is 12.4 Å². The van der Waals surface area contributed by atoms with E-state index in [1.807, 2.05) is 32.0 Å². The zero-order chi connectivity index (χ0) is 19.8. The molecule has 0 aliphatic carbocycles. The Kier molecular flexibility index (Phi) is 6.50. The van der Waals surface area contributed by atoms with Crippen molar-refractivity contribution < 1.29 is 13.9 Å². The highest BCUT2D eigenvalue weighted by molar-refractivity contribution is 5.93. The normalized spacial score (nSPS) is 11.3. The smallest absolute Gasteiger partial charge is 0.216 e. The number of anilines is 1. The molecule has 0 atom stereocenters. The van der Waals surface area contributed by atoms with Gasteiger partial charge in [-0.1, -0.05) is 0 Å². The van der Waals surface area contributed by atoms with Crippen LogP contribution in [0.25, 0.3) is 11.6 Å². The summed E-state index contributed by atoms with van der Waals surface area (Å²) in [6.45, 7) is 5.55. The van der Waals surface area contributed by atoms with Crippen LogP contribution in [0.1, 0.15) is 19.7 Å². The lowest BCUT2D eigenvalue weighted by Gasteiger charge is -2.14. The second-order valence-corrected chi connectivity index (χ2v) is 5.70. The lowest BCUT2D eigenvalue weighted by Crippen LogP contribution is -2.30. The highest BCUT2D eigenvalue weighted by Crippen LogP contribution is 2.30. The first-order chi connectivity index (χ1) is 13.7. The van der Waals surface area contributed by atoms with Gasteiger partial charge in [-0.3, -0.25) is 5.10 Å². The van der Waals surface area contributed by atoms with Gasteiger partial charge in [-0.2, -0.15) is 0 Å². The monoisotopic (exact) mass is 384 g/mol. The van der Waals surface area contributed by atoms with Gasteiger partial charge in [0, 0.05) is 18.3 Å². The number of nitrogens with one attached hydrogen (secondary N) is 3. The highest BCUT2D eigenvalue weighted by Gasteiger charge is 2.09. The second-order valence-electron chi connectivity index (χ2n) is 5.70. The van der Waals surface area contributed by atoms with Crippen molar-refractivity contribution in [1.29, 1.82) is 0 Å². The molecule has 9 nitrogen and oxygen atoms in total. The largest absolute Gasteiger partial charge is 0.493 e. The molecule has 2 heterocycles. The van der Waals surface area contributed by atoms with Crippen LogP contribution in [-0.4, -0.2) is 41.4 Å². The minimum Gasteiger partial charge on any atom is -0.493 e. The van der Waals surface area contributed by atoms with E-state index in [2.05, 4.69) is 30.8 Å². The summed E-state index contributed by atoms with van der Waals surface area (Å²) >= 11 is 0. The molecule has 0 aliphatic rings. The Morgan fingerprint density at radius 1 is 1.25 bits per heavy atom. The van der Waals surface area contributed by atoms with Crippen molar-refractivity contribution in [3.8, 4) is 23.1 Å². The van der Waals surface area contributed by atoms with Crippen molar-refractivity contribution in [2.24, 2.45) is 4.99 Å². The summed E-state index contributed by atoms with van der Waals surface area (Å²) in [5, 5.41) is 13.5. The molecule has 0 spiro atoms. The number of aromatic nitrogens is 3. The van der Waals surface area contributed by atoms with Crippen LogP contribution >= 0.6 is 0 Å². The number of rotatable bonds is 8. The Hall–Kier alpha value is -3.49. The van der Waals surface area contributed by atoms with E-state index in [0.29, 0.717) is 54.6 Å². The van der Waals surface area contributed by atoms with Crippen LogP contribution in [-0.2, 0) is 6.54 Å². The summed E-state index contributed by atoms with van der Waals surface area (Å²) in [6, 6.07) is 9.23. The molecule has 3 aromatic rings. The number of guanidine groups is 1. The van der Waals surface area contributed by atoms with Crippen molar-refractivity contribution in [2.75, 3.05) is 25.6 Å². The van der Waals surface area contributed by atoms with Crippen molar-refractivity contribution >= 4 is 11.6 Å². The van der Waals surface area contributed by atoms with Gasteiger partial charge in [0.05, 0.1) is 20.0 Å². The van der Waals surface area contributed by atoms with Gasteiger partial charge in [0.15, 0.2) is 23.2 Å². The van der Waals surface area contributed by atoms with E-state index >= 15 is 0 Å². The summed E-state index contributed by atoms with van der Waals surface area (Å²) in [5.41, 5.74) is 0.828. The van der Waals surface area contributed by atoms with Crippen molar-refractivity contribution in [3.63, 3.8) is 0 Å². The van der Waals surface area contributed by atoms with Crippen LogP contribution in [0.5, 0.6) is 11.5 Å². The lowest BCUT2D eigenvalue weighted by atomic mass is 10.2. The van der Waals surface area contributed by atoms with Crippen LogP contribution in [0.2, 0.25) is 0 Å². The number of hydrogen-bond acceptors (Lipinski definition) is 6. The standard InChI is InChI=1S/C19H24N6O3/c1-4-20-19(22-13-8-9-14(27-5-2)16(11-13)26-3)21-12-17-23-18(25-24-17)15-7-6-10-28-15/h6-11H,4-5,12H2,1-3H3,(H2,20,21,22)(H,23,24,25). The lowest BCUT2D eigenvalue weighted by molar-refractivity contribution is 0.311. The van der Waals surface area contributed by atoms with E-state index < -0.39 is 0 Å². The topological polar surface area (TPSA) is 110 Å². The third-order valence-electron chi connectivity index (χ3n) is 3.73. The molecule has 0 unspecified atom stereocenters. The third kappa shape index (κ3) is 4.81.